The monoisotopic (exact) mass is 1160 g/mol. The lowest BCUT2D eigenvalue weighted by Gasteiger charge is -2.21. The van der Waals surface area contributed by atoms with Gasteiger partial charge in [0.05, 0.1) is 6.61 Å². The van der Waals surface area contributed by atoms with Gasteiger partial charge in [-0.1, -0.05) is 89.8 Å². The van der Waals surface area contributed by atoms with Gasteiger partial charge in [-0.05, 0) is 174 Å². The summed E-state index contributed by atoms with van der Waals surface area (Å²) in [6.07, 6.45) is -0.270. The van der Waals surface area contributed by atoms with Gasteiger partial charge in [-0.25, -0.2) is 0 Å². The van der Waals surface area contributed by atoms with Gasteiger partial charge < -0.3 is 70.8 Å². The Morgan fingerprint density at radius 2 is 0.786 bits per heavy atom. The topological polar surface area (TPSA) is 239 Å². The highest BCUT2D eigenvalue weighted by Gasteiger charge is 2.29. The Hall–Kier alpha value is -8.45. The third-order valence-electron chi connectivity index (χ3n) is 9.54. The van der Waals surface area contributed by atoms with Crippen molar-refractivity contribution in [2.24, 2.45) is 5.73 Å². The van der Waals surface area contributed by atoms with Crippen LogP contribution in [0.1, 0.15) is 143 Å². The molecule has 1 saturated heterocycles. The summed E-state index contributed by atoms with van der Waals surface area (Å²) >= 11 is 5.47. The summed E-state index contributed by atoms with van der Waals surface area (Å²) in [6.45, 7) is 70.2. The number of hydrogen-bond donors (Lipinski definition) is 7. The largest absolute Gasteiger partial charge is 0.383 e. The second-order valence-corrected chi connectivity index (χ2v) is 22.3. The zero-order chi connectivity index (χ0) is 62.8. The normalized spacial score (nSPS) is 12.9. The van der Waals surface area contributed by atoms with Crippen molar-refractivity contribution >= 4 is 52.6 Å². The molecule has 4 atom stereocenters. The Bertz CT molecular complexity index is 3000. The molecule has 0 aliphatic carbocycles. The molecule has 8 N–H and O–H groups in total. The Kier molecular flexibility index (Phi) is 34.5. The van der Waals surface area contributed by atoms with Crippen molar-refractivity contribution in [2.75, 3.05) is 26.2 Å². The van der Waals surface area contributed by atoms with E-state index in [1.165, 1.54) is 0 Å². The second-order valence-electron chi connectivity index (χ2n) is 21.9. The van der Waals surface area contributed by atoms with Crippen molar-refractivity contribution in [3.8, 4) is 0 Å². The van der Waals surface area contributed by atoms with Crippen molar-refractivity contribution in [3.63, 3.8) is 0 Å². The lowest BCUT2D eigenvalue weighted by atomic mass is 10.1. The number of epoxide rings is 1. The summed E-state index contributed by atoms with van der Waals surface area (Å²) in [6, 6.07) is 30.9. The highest BCUT2D eigenvalue weighted by molar-refractivity contribution is 6.29. The van der Waals surface area contributed by atoms with E-state index in [0.29, 0.717) is 76.8 Å². The standard InChI is InChI=1S/3C12H17N3O.C8H6N2O.C8H6N2.C6H3ClN2.C4H11N.CH4/c3*1-12(2,3)14-8-10(16)9-6-5-7-11(13-4)15-9;1-9-8-4-2-3-6(10-8)7-5-11-7;1-3-7-5-4-6-8(9-2)10-7;1-8-6-4-2-3-5(7)9-6;1-4(2,3)5;/h3*5-7,10,14,16H,8H2,1-3H3;2-4,7H,5H2;3-6H,1H2;2-4H;5H2,1-3H3;1H4/t2*10-;;;;;;/m10....../s1. The molecular formula is C63H81ClN16O4. The molecule has 0 aromatic carbocycles. The van der Waals surface area contributed by atoms with Crippen LogP contribution in [0.2, 0.25) is 5.15 Å². The van der Waals surface area contributed by atoms with Crippen LogP contribution in [0.25, 0.3) is 35.1 Å². The van der Waals surface area contributed by atoms with E-state index >= 15 is 0 Å². The van der Waals surface area contributed by atoms with E-state index in [1.807, 2.05) is 101 Å². The van der Waals surface area contributed by atoms with Gasteiger partial charge in [0.15, 0.2) is 28.5 Å². The summed E-state index contributed by atoms with van der Waals surface area (Å²) in [4.78, 5) is 43.0. The number of hydrogen-bond acceptors (Lipinski definition) is 14. The van der Waals surface area contributed by atoms with Gasteiger partial charge in [-0.15, -0.1) is 29.9 Å². The number of nitrogens with zero attached hydrogens (tertiary/aromatic N) is 12. The van der Waals surface area contributed by atoms with E-state index in [-0.39, 0.29) is 35.7 Å². The number of β-amino-alcohol motifs (C(OH)–C–C–N with tert-alkyl or cyclic N) is 3. The molecule has 0 radical (unpaired) electrons. The molecule has 0 bridgehead atoms. The smallest absolute Gasteiger partial charge is 0.271 e. The van der Waals surface area contributed by atoms with Gasteiger partial charge in [0, 0.05) is 41.8 Å². The van der Waals surface area contributed by atoms with Crippen molar-refractivity contribution < 1.29 is 20.1 Å². The van der Waals surface area contributed by atoms with E-state index in [1.54, 1.807) is 97.1 Å². The Balaban J connectivity index is 0.000000976. The molecule has 6 aromatic heterocycles. The zero-order valence-corrected chi connectivity index (χ0v) is 50.1. The number of aliphatic hydroxyl groups is 3. The summed E-state index contributed by atoms with van der Waals surface area (Å²) in [5.41, 5.74) is 8.44. The minimum Gasteiger partial charge on any atom is -0.383 e. The molecule has 1 aliphatic heterocycles. The number of pyridine rings is 6. The van der Waals surface area contributed by atoms with Crippen LogP contribution < -0.4 is 21.7 Å². The number of nitrogens with two attached hydrogens (primary N) is 1. The minimum absolute atomic E-state index is 0. The van der Waals surface area contributed by atoms with Gasteiger partial charge in [0.25, 0.3) is 34.9 Å². The maximum atomic E-state index is 9.88. The summed E-state index contributed by atoms with van der Waals surface area (Å²) in [7, 11) is 0. The summed E-state index contributed by atoms with van der Waals surface area (Å²) in [5, 5.41) is 39.6. The fraction of sp³-hybridized carbons (Fsp3) is 0.397. The molecule has 21 heteroatoms. The molecule has 20 nitrogen and oxygen atoms in total. The molecule has 7 heterocycles. The quantitative estimate of drug-likeness (QED) is 0.0363. The highest BCUT2D eigenvalue weighted by Crippen LogP contribution is 2.29. The second kappa shape index (κ2) is 38.3. The predicted octanol–water partition coefficient (Wildman–Crippen LogP) is 13.8. The molecular weight excluding hydrogens is 1080 g/mol. The van der Waals surface area contributed by atoms with Crippen LogP contribution in [0.15, 0.2) is 116 Å². The van der Waals surface area contributed by atoms with Crippen LogP contribution in [0.3, 0.4) is 0 Å². The number of aliphatic hydroxyl groups excluding tert-OH is 3. The minimum atomic E-state index is -0.680. The Morgan fingerprint density at radius 1 is 0.512 bits per heavy atom. The van der Waals surface area contributed by atoms with Crippen molar-refractivity contribution in [1.82, 2.24) is 45.9 Å². The predicted molar refractivity (Wildman–Crippen MR) is 336 cm³/mol. The van der Waals surface area contributed by atoms with Crippen molar-refractivity contribution in [2.45, 2.75) is 137 Å². The van der Waals surface area contributed by atoms with Gasteiger partial charge in [-0.3, -0.25) is 0 Å². The van der Waals surface area contributed by atoms with Gasteiger partial charge in [0.2, 0.25) is 5.15 Å². The van der Waals surface area contributed by atoms with Crippen LogP contribution in [0.5, 0.6) is 0 Å². The first-order valence-electron chi connectivity index (χ1n) is 25.9. The van der Waals surface area contributed by atoms with E-state index in [4.69, 9.17) is 61.5 Å². The first kappa shape index (κ1) is 75.5. The molecule has 1 fully saturated rings. The Labute approximate surface area is 503 Å². The average molecular weight is 1160 g/mol. The van der Waals surface area contributed by atoms with Crippen LogP contribution >= 0.6 is 11.6 Å². The fourth-order valence-electron chi connectivity index (χ4n) is 5.56. The zero-order valence-electron chi connectivity index (χ0n) is 49.4. The van der Waals surface area contributed by atoms with Crippen molar-refractivity contribution in [1.29, 1.82) is 0 Å². The van der Waals surface area contributed by atoms with Crippen LogP contribution in [0, 0.1) is 39.4 Å². The molecule has 0 saturated carbocycles. The van der Waals surface area contributed by atoms with E-state index in [0.717, 1.165) is 18.0 Å². The van der Waals surface area contributed by atoms with Gasteiger partial charge in [-0.2, -0.15) is 0 Å². The molecule has 0 amide bonds. The number of rotatable bonds is 11. The molecule has 0 spiro atoms. The van der Waals surface area contributed by atoms with Crippen LogP contribution in [-0.2, 0) is 4.74 Å². The van der Waals surface area contributed by atoms with Crippen LogP contribution in [-0.4, -0.2) is 93.6 Å². The van der Waals surface area contributed by atoms with E-state index in [9.17, 15) is 15.3 Å². The number of nitrogens with one attached hydrogen (secondary N) is 3. The lowest BCUT2D eigenvalue weighted by molar-refractivity contribution is 0.159. The molecule has 2 unspecified atom stereocenters. The Morgan fingerprint density at radius 3 is 1.06 bits per heavy atom. The molecule has 84 heavy (non-hydrogen) atoms. The molecule has 7 rings (SSSR count). The molecule has 444 valence electrons. The number of aromatic nitrogens is 6. The third-order valence-corrected chi connectivity index (χ3v) is 9.75. The highest BCUT2D eigenvalue weighted by atomic mass is 35.5. The maximum absolute atomic E-state index is 9.88. The van der Waals surface area contributed by atoms with Gasteiger partial charge >= 0.3 is 0 Å². The first-order chi connectivity index (χ1) is 38.9. The number of halogens is 1. The molecule has 6 aromatic rings. The first-order valence-corrected chi connectivity index (χ1v) is 26.3. The van der Waals surface area contributed by atoms with E-state index < -0.39 is 18.3 Å². The molecule has 1 aliphatic rings. The van der Waals surface area contributed by atoms with Crippen molar-refractivity contribution in [3.05, 3.63) is 218 Å². The maximum Gasteiger partial charge on any atom is 0.271 e. The average Bonchev–Trinajstić information content (AvgIpc) is 4.52. The van der Waals surface area contributed by atoms with Gasteiger partial charge in [0.1, 0.15) is 24.4 Å². The third kappa shape index (κ3) is 36.8. The fourth-order valence-corrected chi connectivity index (χ4v) is 5.72. The lowest BCUT2D eigenvalue weighted by Crippen LogP contribution is -2.38. The summed E-state index contributed by atoms with van der Waals surface area (Å²) in [5.74, 6) is 2.13. The summed E-state index contributed by atoms with van der Waals surface area (Å²) < 4.78 is 5.03. The van der Waals surface area contributed by atoms with Crippen LogP contribution in [0.4, 0.5) is 34.9 Å². The number of ether oxygens (including phenoxy) is 1. The van der Waals surface area contributed by atoms with E-state index in [2.05, 4.69) is 81.5 Å². The SMILES string of the molecule is C.CC(C)(C)N.[C-]#[N+]c1cccc(C(O)CNC(C)(C)C)n1.[C-]#[N+]c1cccc(C2CO2)n1.[C-]#[N+]c1cccc(C=C)n1.[C-]#[N+]c1cccc(Cl)n1.[C-]#[N+]c1cccc([C@@H](O)CNC(C)(C)C)n1.[C-]#[N+]c1cccc([C@H](O)CNC(C)(C)C)n1.